The number of nitrogens with zero attached hydrogens (tertiary/aromatic N) is 1. The second kappa shape index (κ2) is 10.3. The number of benzene rings is 2. The minimum Gasteiger partial charge on any atom is -0.351 e. The van der Waals surface area contributed by atoms with E-state index in [1.165, 1.54) is 40.3 Å². The highest BCUT2D eigenvalue weighted by atomic mass is 35.5. The van der Waals surface area contributed by atoms with Crippen molar-refractivity contribution >= 4 is 54.6 Å². The van der Waals surface area contributed by atoms with Gasteiger partial charge in [-0.1, -0.05) is 35.4 Å². The van der Waals surface area contributed by atoms with Gasteiger partial charge in [0.25, 0.3) is 5.91 Å². The Morgan fingerprint density at radius 1 is 1.12 bits per heavy atom. The highest BCUT2D eigenvalue weighted by Gasteiger charge is 2.19. The van der Waals surface area contributed by atoms with Gasteiger partial charge < -0.3 is 5.32 Å². The quantitative estimate of drug-likeness (QED) is 0.376. The SMILES string of the molecule is CS(=O)(=O)N(Cc1ccc(Cl)cc1)c1ccc2sc(C(=O)NCCC3=CCCCC3)cc2c1. The number of anilines is 1. The van der Waals surface area contributed by atoms with Crippen molar-refractivity contribution in [2.75, 3.05) is 17.1 Å². The average molecular weight is 503 g/mol. The van der Waals surface area contributed by atoms with Crippen molar-refractivity contribution in [2.24, 2.45) is 0 Å². The van der Waals surface area contributed by atoms with Crippen molar-refractivity contribution in [1.29, 1.82) is 0 Å². The van der Waals surface area contributed by atoms with Gasteiger partial charge in [-0.25, -0.2) is 8.42 Å². The van der Waals surface area contributed by atoms with Gasteiger partial charge in [0, 0.05) is 16.3 Å². The van der Waals surface area contributed by atoms with E-state index in [9.17, 15) is 13.2 Å². The van der Waals surface area contributed by atoms with Gasteiger partial charge in [-0.15, -0.1) is 11.3 Å². The number of carbonyl (C=O) groups is 1. The average Bonchev–Trinajstić information content (AvgIpc) is 3.22. The van der Waals surface area contributed by atoms with Crippen LogP contribution in [-0.4, -0.2) is 27.1 Å². The number of thiophene rings is 1. The van der Waals surface area contributed by atoms with Crippen molar-refractivity contribution in [3.8, 4) is 0 Å². The lowest BCUT2D eigenvalue weighted by molar-refractivity contribution is 0.0958. The third kappa shape index (κ3) is 6.16. The Hall–Kier alpha value is -2.35. The Labute approximate surface area is 204 Å². The Bertz CT molecular complexity index is 1280. The number of amides is 1. The lowest BCUT2D eigenvalue weighted by atomic mass is 9.97. The van der Waals surface area contributed by atoms with Gasteiger partial charge in [0.05, 0.1) is 23.4 Å². The summed E-state index contributed by atoms with van der Waals surface area (Å²) in [6.45, 7) is 0.835. The van der Waals surface area contributed by atoms with Crippen molar-refractivity contribution < 1.29 is 13.2 Å². The third-order valence-corrected chi connectivity index (χ3v) is 8.28. The highest BCUT2D eigenvalue weighted by Crippen LogP contribution is 2.31. The number of sulfonamides is 1. The Morgan fingerprint density at radius 3 is 2.61 bits per heavy atom. The number of fused-ring (bicyclic) bond motifs is 1. The Morgan fingerprint density at radius 2 is 1.91 bits per heavy atom. The molecular weight excluding hydrogens is 476 g/mol. The number of rotatable bonds is 8. The van der Waals surface area contributed by atoms with E-state index in [4.69, 9.17) is 11.6 Å². The first kappa shape index (κ1) is 23.8. The fraction of sp³-hybridized carbons (Fsp3) is 0.320. The molecule has 0 radical (unpaired) electrons. The molecule has 0 unspecified atom stereocenters. The van der Waals surface area contributed by atoms with Crippen LogP contribution in [0.5, 0.6) is 0 Å². The van der Waals surface area contributed by atoms with E-state index in [0.29, 0.717) is 22.1 Å². The van der Waals surface area contributed by atoms with Crippen LogP contribution in [0.1, 0.15) is 47.3 Å². The summed E-state index contributed by atoms with van der Waals surface area (Å²) < 4.78 is 27.4. The zero-order valence-electron chi connectivity index (χ0n) is 18.5. The molecule has 33 heavy (non-hydrogen) atoms. The van der Waals surface area contributed by atoms with Crippen LogP contribution in [0, 0.1) is 0 Å². The molecular formula is C25H27ClN2O3S2. The van der Waals surface area contributed by atoms with Crippen LogP contribution in [0.25, 0.3) is 10.1 Å². The minimum absolute atomic E-state index is 0.0877. The van der Waals surface area contributed by atoms with E-state index in [2.05, 4.69) is 11.4 Å². The van der Waals surface area contributed by atoms with Crippen LogP contribution in [0.15, 0.2) is 60.2 Å². The zero-order valence-corrected chi connectivity index (χ0v) is 20.9. The fourth-order valence-corrected chi connectivity index (χ4v) is 5.97. The molecule has 0 spiro atoms. The van der Waals surface area contributed by atoms with Crippen molar-refractivity contribution in [1.82, 2.24) is 5.32 Å². The van der Waals surface area contributed by atoms with E-state index in [1.54, 1.807) is 18.2 Å². The van der Waals surface area contributed by atoms with E-state index in [0.717, 1.165) is 34.9 Å². The van der Waals surface area contributed by atoms with Crippen LogP contribution in [0.2, 0.25) is 5.02 Å². The number of halogens is 1. The van der Waals surface area contributed by atoms with Crippen LogP contribution in [-0.2, 0) is 16.6 Å². The third-order valence-electron chi connectivity index (χ3n) is 5.77. The summed E-state index contributed by atoms with van der Waals surface area (Å²) in [6.07, 6.45) is 9.17. The first-order valence-corrected chi connectivity index (χ1v) is 14.1. The monoisotopic (exact) mass is 502 g/mol. The first-order valence-electron chi connectivity index (χ1n) is 11.0. The number of hydrogen-bond acceptors (Lipinski definition) is 4. The summed E-state index contributed by atoms with van der Waals surface area (Å²) in [5, 5.41) is 4.47. The fourth-order valence-electron chi connectivity index (χ4n) is 4.01. The van der Waals surface area contributed by atoms with Gasteiger partial charge >= 0.3 is 0 Å². The summed E-state index contributed by atoms with van der Waals surface area (Å²) in [4.78, 5) is 13.3. The van der Waals surface area contributed by atoms with Crippen LogP contribution in [0.4, 0.5) is 5.69 Å². The van der Waals surface area contributed by atoms with Gasteiger partial charge in [-0.3, -0.25) is 9.10 Å². The van der Waals surface area contributed by atoms with Crippen molar-refractivity contribution in [3.63, 3.8) is 0 Å². The summed E-state index contributed by atoms with van der Waals surface area (Å²) in [7, 11) is -3.51. The highest BCUT2D eigenvalue weighted by molar-refractivity contribution is 7.92. The summed E-state index contributed by atoms with van der Waals surface area (Å²) in [5.41, 5.74) is 2.83. The summed E-state index contributed by atoms with van der Waals surface area (Å²) in [6, 6.07) is 14.4. The standard InChI is InChI=1S/C25H27ClN2O3S2/c1-33(30,31)28(17-19-7-9-21(26)10-8-19)22-11-12-23-20(15-22)16-24(32-23)25(29)27-14-13-18-5-3-2-4-6-18/h5,7-12,15-16H,2-4,6,13-14,17H2,1H3,(H,27,29). The second-order valence-electron chi connectivity index (χ2n) is 8.34. The van der Waals surface area contributed by atoms with Gasteiger partial charge in [-0.2, -0.15) is 0 Å². The molecule has 1 N–H and O–H groups in total. The summed E-state index contributed by atoms with van der Waals surface area (Å²) in [5.74, 6) is -0.0877. The summed E-state index contributed by atoms with van der Waals surface area (Å²) >= 11 is 7.37. The second-order valence-corrected chi connectivity index (χ2v) is 11.8. The molecule has 0 aliphatic heterocycles. The molecule has 0 fully saturated rings. The first-order chi connectivity index (χ1) is 15.8. The molecule has 1 aliphatic rings. The topological polar surface area (TPSA) is 66.5 Å². The normalized spacial score (nSPS) is 14.2. The Balaban J connectivity index is 1.50. The van der Waals surface area contributed by atoms with Crippen LogP contribution >= 0.6 is 22.9 Å². The van der Waals surface area contributed by atoms with E-state index >= 15 is 0 Å². The zero-order chi connectivity index (χ0) is 23.4. The predicted octanol–water partition coefficient (Wildman–Crippen LogP) is 6.14. The maximum Gasteiger partial charge on any atom is 0.261 e. The van der Waals surface area contributed by atoms with E-state index < -0.39 is 10.0 Å². The molecule has 1 aromatic heterocycles. The van der Waals surface area contributed by atoms with Crippen LogP contribution < -0.4 is 9.62 Å². The maximum absolute atomic E-state index is 12.7. The molecule has 1 aliphatic carbocycles. The molecule has 8 heteroatoms. The van der Waals surface area contributed by atoms with Gasteiger partial charge in [0.15, 0.2) is 0 Å². The van der Waals surface area contributed by atoms with Crippen molar-refractivity contribution in [2.45, 2.75) is 38.6 Å². The minimum atomic E-state index is -3.51. The molecule has 1 heterocycles. The van der Waals surface area contributed by atoms with E-state index in [1.807, 2.05) is 30.3 Å². The lowest BCUT2D eigenvalue weighted by Crippen LogP contribution is -2.29. The molecule has 0 saturated carbocycles. The molecule has 0 saturated heterocycles. The molecule has 5 nitrogen and oxygen atoms in total. The number of carbonyl (C=O) groups excluding carboxylic acids is 1. The largest absolute Gasteiger partial charge is 0.351 e. The number of hydrogen-bond donors (Lipinski definition) is 1. The Kier molecular flexibility index (Phi) is 7.41. The maximum atomic E-state index is 12.7. The van der Waals surface area contributed by atoms with Crippen molar-refractivity contribution in [3.05, 3.63) is 75.6 Å². The molecule has 4 rings (SSSR count). The molecule has 3 aromatic rings. The van der Waals surface area contributed by atoms with Gasteiger partial charge in [-0.05, 0) is 79.5 Å². The molecule has 0 atom stereocenters. The smallest absolute Gasteiger partial charge is 0.261 e. The predicted molar refractivity (Wildman–Crippen MR) is 138 cm³/mol. The lowest BCUT2D eigenvalue weighted by Gasteiger charge is -2.22. The molecule has 174 valence electrons. The molecule has 1 amide bonds. The number of nitrogens with one attached hydrogen (secondary N) is 1. The molecule has 2 aromatic carbocycles. The molecule has 0 bridgehead atoms. The van der Waals surface area contributed by atoms with Gasteiger partial charge in [0.1, 0.15) is 0 Å². The van der Waals surface area contributed by atoms with Crippen LogP contribution in [0.3, 0.4) is 0 Å². The number of allylic oxidation sites excluding steroid dienone is 1. The van der Waals surface area contributed by atoms with Gasteiger partial charge in [0.2, 0.25) is 10.0 Å². The van der Waals surface area contributed by atoms with E-state index in [-0.39, 0.29) is 12.5 Å².